The predicted octanol–water partition coefficient (Wildman–Crippen LogP) is 1.52. The third kappa shape index (κ3) is 2.61. The molecule has 0 saturated heterocycles. The number of hydrogen-bond acceptors (Lipinski definition) is 4. The van der Waals surface area contributed by atoms with Gasteiger partial charge in [0.05, 0.1) is 16.7 Å². The van der Waals surface area contributed by atoms with E-state index in [9.17, 15) is 14.4 Å². The molecule has 0 aliphatic heterocycles. The second kappa shape index (κ2) is 5.45. The summed E-state index contributed by atoms with van der Waals surface area (Å²) in [6, 6.07) is 7.78. The number of benzene rings is 1. The fourth-order valence-electron chi connectivity index (χ4n) is 1.93. The van der Waals surface area contributed by atoms with Crippen molar-refractivity contribution in [2.45, 2.75) is 0 Å². The van der Waals surface area contributed by atoms with Gasteiger partial charge in [0, 0.05) is 11.8 Å². The van der Waals surface area contributed by atoms with Crippen molar-refractivity contribution >= 4 is 34.2 Å². The largest absolute Gasteiger partial charge is 0.319 e. The highest BCUT2D eigenvalue weighted by Gasteiger charge is 2.10. The van der Waals surface area contributed by atoms with Crippen LogP contribution in [0.15, 0.2) is 46.1 Å². The maximum Gasteiger partial charge on any atom is 0.314 e. The summed E-state index contributed by atoms with van der Waals surface area (Å²) in [5.41, 5.74) is -0.0540. The molecule has 0 unspecified atom stereocenters. The van der Waals surface area contributed by atoms with Gasteiger partial charge in [-0.3, -0.25) is 14.4 Å². The number of rotatable bonds is 2. The van der Waals surface area contributed by atoms with E-state index in [1.54, 1.807) is 12.1 Å². The molecule has 0 fully saturated rings. The number of nitrogens with zero attached hydrogens (tertiary/aromatic N) is 1. The normalized spacial score (nSPS) is 10.6. The van der Waals surface area contributed by atoms with Crippen molar-refractivity contribution in [3.05, 3.63) is 68.0 Å². The lowest BCUT2D eigenvalue weighted by atomic mass is 10.2. The van der Waals surface area contributed by atoms with Crippen LogP contribution in [-0.4, -0.2) is 20.9 Å². The van der Waals surface area contributed by atoms with E-state index in [-0.39, 0.29) is 5.15 Å². The van der Waals surface area contributed by atoms with Crippen molar-refractivity contribution < 1.29 is 4.79 Å². The molecule has 3 aromatic rings. The predicted molar refractivity (Wildman–Crippen MR) is 82.4 cm³/mol. The van der Waals surface area contributed by atoms with E-state index in [0.29, 0.717) is 22.3 Å². The molecule has 8 heteroatoms. The summed E-state index contributed by atoms with van der Waals surface area (Å²) in [5.74, 6) is -0.413. The first-order valence-corrected chi connectivity index (χ1v) is 6.60. The lowest BCUT2D eigenvalue weighted by molar-refractivity contribution is 0.102. The quantitative estimate of drug-likeness (QED) is 0.492. The average molecular weight is 317 g/mol. The SMILES string of the molecule is O=C(Nc1cccnc1Cl)c1ccc2[nH]c(=O)c(=O)[nH]c2c1. The van der Waals surface area contributed by atoms with Gasteiger partial charge in [-0.25, -0.2) is 4.98 Å². The maximum atomic E-state index is 12.2. The van der Waals surface area contributed by atoms with Crippen molar-refractivity contribution in [3.63, 3.8) is 0 Å². The van der Waals surface area contributed by atoms with Crippen LogP contribution in [0, 0.1) is 0 Å². The molecule has 3 rings (SSSR count). The first-order chi connectivity index (χ1) is 10.5. The van der Waals surface area contributed by atoms with Crippen LogP contribution in [0.1, 0.15) is 10.4 Å². The maximum absolute atomic E-state index is 12.2. The number of amides is 1. The van der Waals surface area contributed by atoms with Crippen molar-refractivity contribution in [2.24, 2.45) is 0 Å². The molecule has 0 aliphatic carbocycles. The van der Waals surface area contributed by atoms with E-state index < -0.39 is 17.0 Å². The minimum atomic E-state index is -0.777. The topological polar surface area (TPSA) is 108 Å². The molecular formula is C14H9ClN4O3. The zero-order chi connectivity index (χ0) is 15.7. The summed E-state index contributed by atoms with van der Waals surface area (Å²) in [4.78, 5) is 43.4. The Balaban J connectivity index is 1.98. The highest BCUT2D eigenvalue weighted by molar-refractivity contribution is 6.32. The Morgan fingerprint density at radius 2 is 1.82 bits per heavy atom. The first kappa shape index (κ1) is 14.0. The fourth-order valence-corrected chi connectivity index (χ4v) is 2.10. The number of hydrogen-bond donors (Lipinski definition) is 3. The molecule has 110 valence electrons. The Morgan fingerprint density at radius 1 is 1.09 bits per heavy atom. The lowest BCUT2D eigenvalue weighted by Crippen LogP contribution is -2.29. The minimum Gasteiger partial charge on any atom is -0.319 e. The van der Waals surface area contributed by atoms with Crippen molar-refractivity contribution in [3.8, 4) is 0 Å². The number of anilines is 1. The molecule has 3 N–H and O–H groups in total. The molecular weight excluding hydrogens is 308 g/mol. The number of carbonyl (C=O) groups excluding carboxylic acids is 1. The summed E-state index contributed by atoms with van der Waals surface area (Å²) in [6.07, 6.45) is 1.51. The van der Waals surface area contributed by atoms with E-state index >= 15 is 0 Å². The van der Waals surface area contributed by atoms with Gasteiger partial charge in [-0.2, -0.15) is 0 Å². The Labute approximate surface area is 128 Å². The van der Waals surface area contributed by atoms with Gasteiger partial charge in [-0.1, -0.05) is 11.6 Å². The monoisotopic (exact) mass is 316 g/mol. The summed E-state index contributed by atoms with van der Waals surface area (Å²) >= 11 is 5.88. The van der Waals surface area contributed by atoms with E-state index in [2.05, 4.69) is 20.3 Å². The lowest BCUT2D eigenvalue weighted by Gasteiger charge is -2.07. The Morgan fingerprint density at radius 3 is 2.55 bits per heavy atom. The summed E-state index contributed by atoms with van der Waals surface area (Å²) in [6.45, 7) is 0. The fraction of sp³-hybridized carbons (Fsp3) is 0. The van der Waals surface area contributed by atoms with Crippen LogP contribution in [0.25, 0.3) is 11.0 Å². The van der Waals surface area contributed by atoms with Gasteiger partial charge in [-0.05, 0) is 30.3 Å². The van der Waals surface area contributed by atoms with Gasteiger partial charge < -0.3 is 15.3 Å². The van der Waals surface area contributed by atoms with Crippen LogP contribution in [-0.2, 0) is 0 Å². The van der Waals surface area contributed by atoms with Crippen LogP contribution in [0.4, 0.5) is 5.69 Å². The Kier molecular flexibility index (Phi) is 3.48. The van der Waals surface area contributed by atoms with Gasteiger partial charge >= 0.3 is 11.1 Å². The molecule has 0 spiro atoms. The van der Waals surface area contributed by atoms with Gasteiger partial charge in [0.25, 0.3) is 5.91 Å². The molecule has 2 heterocycles. The molecule has 2 aromatic heterocycles. The van der Waals surface area contributed by atoms with E-state index in [1.807, 2.05) is 0 Å². The third-order valence-corrected chi connectivity index (χ3v) is 3.29. The van der Waals surface area contributed by atoms with Crippen LogP contribution >= 0.6 is 11.6 Å². The first-order valence-electron chi connectivity index (χ1n) is 6.23. The molecule has 1 amide bonds. The molecule has 22 heavy (non-hydrogen) atoms. The van der Waals surface area contributed by atoms with Gasteiger partial charge in [-0.15, -0.1) is 0 Å². The van der Waals surface area contributed by atoms with Crippen LogP contribution in [0.3, 0.4) is 0 Å². The van der Waals surface area contributed by atoms with E-state index in [1.165, 1.54) is 24.4 Å². The zero-order valence-corrected chi connectivity index (χ0v) is 11.8. The van der Waals surface area contributed by atoms with Crippen molar-refractivity contribution in [1.82, 2.24) is 15.0 Å². The molecule has 0 radical (unpaired) electrons. The van der Waals surface area contributed by atoms with E-state index in [0.717, 1.165) is 0 Å². The molecule has 0 aliphatic rings. The number of pyridine rings is 1. The highest BCUT2D eigenvalue weighted by Crippen LogP contribution is 2.19. The smallest absolute Gasteiger partial charge is 0.314 e. The average Bonchev–Trinajstić information content (AvgIpc) is 2.50. The number of aromatic nitrogens is 3. The Hall–Kier alpha value is -2.93. The minimum absolute atomic E-state index is 0.175. The summed E-state index contributed by atoms with van der Waals surface area (Å²) < 4.78 is 0. The molecule has 0 saturated carbocycles. The second-order valence-electron chi connectivity index (χ2n) is 4.46. The number of fused-ring (bicyclic) bond motifs is 1. The van der Waals surface area contributed by atoms with Crippen LogP contribution in [0.2, 0.25) is 5.15 Å². The van der Waals surface area contributed by atoms with Crippen LogP contribution in [0.5, 0.6) is 0 Å². The number of aromatic amines is 2. The van der Waals surface area contributed by atoms with Crippen LogP contribution < -0.4 is 16.4 Å². The number of halogens is 1. The van der Waals surface area contributed by atoms with E-state index in [4.69, 9.17) is 11.6 Å². The molecule has 1 aromatic carbocycles. The molecule has 7 nitrogen and oxygen atoms in total. The summed E-state index contributed by atoms with van der Waals surface area (Å²) in [5, 5.41) is 2.80. The highest BCUT2D eigenvalue weighted by atomic mass is 35.5. The summed E-state index contributed by atoms with van der Waals surface area (Å²) in [7, 11) is 0. The zero-order valence-electron chi connectivity index (χ0n) is 11.0. The van der Waals surface area contributed by atoms with Gasteiger partial charge in [0.1, 0.15) is 0 Å². The molecule has 0 atom stereocenters. The Bertz CT molecular complexity index is 993. The van der Waals surface area contributed by atoms with Crippen molar-refractivity contribution in [2.75, 3.05) is 5.32 Å². The number of H-pyrrole nitrogens is 2. The number of carbonyl (C=O) groups is 1. The molecule has 0 bridgehead atoms. The number of nitrogens with one attached hydrogen (secondary N) is 3. The second-order valence-corrected chi connectivity index (χ2v) is 4.82. The standard InChI is InChI=1S/C14H9ClN4O3/c15-11-9(2-1-5-16-11)18-12(20)7-3-4-8-10(6-7)19-14(22)13(21)17-8/h1-6H,(H,17,21)(H,18,20)(H,19,22). The van der Waals surface area contributed by atoms with Gasteiger partial charge in [0.2, 0.25) is 0 Å². The van der Waals surface area contributed by atoms with Crippen molar-refractivity contribution in [1.29, 1.82) is 0 Å². The van der Waals surface area contributed by atoms with Gasteiger partial charge in [0.15, 0.2) is 5.15 Å². The third-order valence-electron chi connectivity index (χ3n) is 2.99.